The van der Waals surface area contributed by atoms with E-state index in [0.717, 1.165) is 4.47 Å². The number of hydrogen-bond donors (Lipinski definition) is 1. The van der Waals surface area contributed by atoms with E-state index in [-0.39, 0.29) is 16.6 Å². The van der Waals surface area contributed by atoms with Gasteiger partial charge in [-0.1, -0.05) is 22.9 Å². The Morgan fingerprint density at radius 3 is 2.31 bits per heavy atom. The molecular weight excluding hydrogens is 420 g/mol. The molecule has 0 aliphatic carbocycles. The number of halogens is 1. The highest BCUT2D eigenvalue weighted by Gasteiger charge is 2.43. The average molecular weight is 439 g/mol. The zero-order valence-corrected chi connectivity index (χ0v) is 16.8. The van der Waals surface area contributed by atoms with Crippen LogP contribution >= 0.6 is 15.9 Å². The van der Waals surface area contributed by atoms with Crippen LogP contribution < -0.4 is 9.21 Å². The summed E-state index contributed by atoms with van der Waals surface area (Å²) in [7, 11) is -3.98. The van der Waals surface area contributed by atoms with E-state index in [1.807, 2.05) is 6.92 Å². The molecule has 1 aliphatic rings. The molecule has 8 heteroatoms. The normalized spacial score (nSPS) is 17.3. The van der Waals surface area contributed by atoms with Gasteiger partial charge < -0.3 is 10.0 Å². The molecule has 1 amide bonds. The summed E-state index contributed by atoms with van der Waals surface area (Å²) in [6.45, 7) is 4.11. The summed E-state index contributed by atoms with van der Waals surface area (Å²) < 4.78 is 28.6. The summed E-state index contributed by atoms with van der Waals surface area (Å²) in [6.07, 6.45) is 0.346. The van der Waals surface area contributed by atoms with E-state index >= 15 is 0 Å². The van der Waals surface area contributed by atoms with Crippen LogP contribution in [0, 0.1) is 0 Å². The third-order valence-corrected chi connectivity index (χ3v) is 6.73. The minimum absolute atomic E-state index is 0.0222. The largest absolute Gasteiger partial charge is 0.508 e. The van der Waals surface area contributed by atoms with E-state index in [1.54, 1.807) is 30.0 Å². The van der Waals surface area contributed by atoms with Gasteiger partial charge in [0.1, 0.15) is 11.8 Å². The van der Waals surface area contributed by atoms with Gasteiger partial charge in [-0.15, -0.1) is 0 Å². The van der Waals surface area contributed by atoms with Crippen LogP contribution in [0.2, 0.25) is 0 Å². The fourth-order valence-corrected chi connectivity index (χ4v) is 5.20. The number of amides is 1. The number of rotatable bonds is 4. The van der Waals surface area contributed by atoms with Gasteiger partial charge in [0.2, 0.25) is 0 Å². The fourth-order valence-electron chi connectivity index (χ4n) is 3.16. The summed E-state index contributed by atoms with van der Waals surface area (Å²) >= 11 is 3.39. The number of fused-ring (bicyclic) bond motifs is 1. The molecule has 0 radical (unpaired) electrons. The maximum absolute atomic E-state index is 13.3. The molecule has 0 saturated carbocycles. The van der Waals surface area contributed by atoms with E-state index in [4.69, 9.17) is 0 Å². The van der Waals surface area contributed by atoms with Crippen LogP contribution in [0.3, 0.4) is 0 Å². The minimum Gasteiger partial charge on any atom is -0.508 e. The number of phenolic OH excluding ortho intramolecular Hbond substituents is 1. The number of aromatic hydroxyl groups is 1. The predicted molar refractivity (Wildman–Crippen MR) is 104 cm³/mol. The zero-order valence-electron chi connectivity index (χ0n) is 14.4. The average Bonchev–Trinajstić information content (AvgIpc) is 2.61. The van der Waals surface area contributed by atoms with Gasteiger partial charge in [-0.3, -0.25) is 9.10 Å². The monoisotopic (exact) mass is 438 g/mol. The quantitative estimate of drug-likeness (QED) is 0.791. The molecule has 3 rings (SSSR count). The van der Waals surface area contributed by atoms with Crippen molar-refractivity contribution in [3.63, 3.8) is 0 Å². The molecule has 0 bridgehead atoms. The van der Waals surface area contributed by atoms with Crippen LogP contribution in [0.5, 0.6) is 5.75 Å². The lowest BCUT2D eigenvalue weighted by Crippen LogP contribution is -2.55. The van der Waals surface area contributed by atoms with E-state index in [1.165, 1.54) is 28.6 Å². The lowest BCUT2D eigenvalue weighted by molar-refractivity contribution is -0.119. The Kier molecular flexibility index (Phi) is 4.98. The summed E-state index contributed by atoms with van der Waals surface area (Å²) in [5, 5.41) is 9.46. The number of carbonyl (C=O) groups excluding carboxylic acids is 1. The van der Waals surface area contributed by atoms with E-state index in [2.05, 4.69) is 15.9 Å². The third-order valence-electron chi connectivity index (χ3n) is 4.40. The Morgan fingerprint density at radius 2 is 1.73 bits per heavy atom. The molecule has 1 heterocycles. The minimum atomic E-state index is -3.98. The molecule has 0 fully saturated rings. The van der Waals surface area contributed by atoms with Crippen LogP contribution in [0.1, 0.15) is 20.3 Å². The van der Waals surface area contributed by atoms with E-state index in [9.17, 15) is 18.3 Å². The van der Waals surface area contributed by atoms with Crippen molar-refractivity contribution in [3.05, 3.63) is 46.9 Å². The number of sulfonamides is 1. The van der Waals surface area contributed by atoms with Crippen molar-refractivity contribution in [1.29, 1.82) is 0 Å². The summed E-state index contributed by atoms with van der Waals surface area (Å²) in [5.41, 5.74) is 1.02. The number of phenols is 1. The molecule has 0 spiro atoms. The molecule has 0 unspecified atom stereocenters. The fraction of sp³-hybridized carbons (Fsp3) is 0.278. The van der Waals surface area contributed by atoms with Gasteiger partial charge in [-0.05, 0) is 55.8 Å². The smallest absolute Gasteiger partial charge is 0.265 e. The maximum atomic E-state index is 13.3. The van der Waals surface area contributed by atoms with Crippen molar-refractivity contribution in [2.24, 2.45) is 0 Å². The highest BCUT2D eigenvalue weighted by molar-refractivity contribution is 9.10. The van der Waals surface area contributed by atoms with Crippen molar-refractivity contribution in [3.8, 4) is 5.75 Å². The second-order valence-corrected chi connectivity index (χ2v) is 8.66. The zero-order chi connectivity index (χ0) is 19.1. The Bertz CT molecular complexity index is 944. The third kappa shape index (κ3) is 2.97. The highest BCUT2D eigenvalue weighted by atomic mass is 79.9. The molecule has 6 nitrogen and oxygen atoms in total. The number of benzene rings is 2. The molecule has 1 aliphatic heterocycles. The molecule has 0 aromatic heterocycles. The first-order valence-corrected chi connectivity index (χ1v) is 10.5. The van der Waals surface area contributed by atoms with E-state index < -0.39 is 16.1 Å². The SMILES string of the molecule is CC[C@H]1C(=O)N(CC)c2ccc(Br)cc2N1S(=O)(=O)c1ccc(O)cc1. The Hall–Kier alpha value is -2.06. The molecule has 2 aromatic carbocycles. The summed E-state index contributed by atoms with van der Waals surface area (Å²) in [5.74, 6) is -0.266. The van der Waals surface area contributed by atoms with Gasteiger partial charge in [0.15, 0.2) is 0 Å². The Labute approximate surface area is 161 Å². The number of carbonyl (C=O) groups is 1. The van der Waals surface area contributed by atoms with Crippen LogP contribution in [0.15, 0.2) is 51.8 Å². The van der Waals surface area contributed by atoms with Crippen molar-refractivity contribution in [1.82, 2.24) is 0 Å². The topological polar surface area (TPSA) is 77.9 Å². The summed E-state index contributed by atoms with van der Waals surface area (Å²) in [4.78, 5) is 14.6. The first kappa shape index (κ1) is 18.7. The van der Waals surface area contributed by atoms with Gasteiger partial charge in [-0.2, -0.15) is 0 Å². The molecule has 1 atom stereocenters. The van der Waals surface area contributed by atoms with Crippen molar-refractivity contribution in [2.45, 2.75) is 31.2 Å². The molecular formula is C18H19BrN2O4S. The first-order chi connectivity index (χ1) is 12.3. The Balaban J connectivity index is 2.25. The summed E-state index contributed by atoms with van der Waals surface area (Å²) in [6, 6.07) is 9.73. The maximum Gasteiger partial charge on any atom is 0.265 e. The van der Waals surface area contributed by atoms with E-state index in [0.29, 0.717) is 24.3 Å². The Morgan fingerprint density at radius 1 is 1.08 bits per heavy atom. The van der Waals surface area contributed by atoms with Crippen molar-refractivity contribution >= 4 is 43.2 Å². The van der Waals surface area contributed by atoms with Gasteiger partial charge in [0.25, 0.3) is 15.9 Å². The van der Waals surface area contributed by atoms with Gasteiger partial charge in [0.05, 0.1) is 16.3 Å². The number of nitrogens with zero attached hydrogens (tertiary/aromatic N) is 2. The standard InChI is InChI=1S/C18H19BrN2O4S/c1-3-15-18(23)20(4-2)16-10-5-12(19)11-17(16)21(15)26(24,25)14-8-6-13(22)7-9-14/h5-11,15,22H,3-4H2,1-2H3/t15-/m0/s1. The number of anilines is 2. The lowest BCUT2D eigenvalue weighted by atomic mass is 10.1. The van der Waals surface area contributed by atoms with Crippen LogP contribution in [-0.2, 0) is 14.8 Å². The van der Waals surface area contributed by atoms with Crippen LogP contribution in [0.25, 0.3) is 0 Å². The number of hydrogen-bond acceptors (Lipinski definition) is 4. The lowest BCUT2D eigenvalue weighted by Gasteiger charge is -2.41. The van der Waals surface area contributed by atoms with Crippen molar-refractivity contribution < 1.29 is 18.3 Å². The second kappa shape index (κ2) is 6.92. The molecule has 0 saturated heterocycles. The molecule has 26 heavy (non-hydrogen) atoms. The van der Waals surface area contributed by atoms with Gasteiger partial charge in [0, 0.05) is 11.0 Å². The van der Waals surface area contributed by atoms with Crippen LogP contribution in [-0.4, -0.2) is 32.0 Å². The molecule has 2 aromatic rings. The highest BCUT2D eigenvalue weighted by Crippen LogP contribution is 2.41. The number of likely N-dealkylation sites (N-methyl/N-ethyl adjacent to an activating group) is 1. The van der Waals surface area contributed by atoms with Gasteiger partial charge in [-0.25, -0.2) is 8.42 Å². The van der Waals surface area contributed by atoms with Crippen LogP contribution in [0.4, 0.5) is 11.4 Å². The van der Waals surface area contributed by atoms with Crippen molar-refractivity contribution in [2.75, 3.05) is 15.7 Å². The molecule has 1 N–H and O–H groups in total. The predicted octanol–water partition coefficient (Wildman–Crippen LogP) is 3.50. The van der Waals surface area contributed by atoms with Gasteiger partial charge >= 0.3 is 0 Å². The second-order valence-electron chi connectivity index (χ2n) is 5.93. The first-order valence-electron chi connectivity index (χ1n) is 8.25. The molecule has 138 valence electrons.